The van der Waals surface area contributed by atoms with Gasteiger partial charge < -0.3 is 5.11 Å². The Bertz CT molecular complexity index is 272. The molecule has 0 saturated heterocycles. The fourth-order valence-electron chi connectivity index (χ4n) is 0.731. The van der Waals surface area contributed by atoms with Crippen molar-refractivity contribution >= 4 is 10.2 Å². The van der Waals surface area contributed by atoms with E-state index in [9.17, 15) is 8.42 Å². The molecule has 2 N–H and O–H groups in total. The predicted molar refractivity (Wildman–Crippen MR) is 56.1 cm³/mol. The standard InChI is InChI=1S/C8H20N2O3S/c1-7(2)10(5)14(12,13)9-8(3,4)6-11/h7,9,11H,6H2,1-5H3. The maximum Gasteiger partial charge on any atom is 0.279 e. The molecule has 0 fully saturated rings. The van der Waals surface area contributed by atoms with Gasteiger partial charge in [0.2, 0.25) is 0 Å². The second-order valence-corrected chi connectivity index (χ2v) is 5.99. The van der Waals surface area contributed by atoms with Crippen molar-refractivity contribution in [3.63, 3.8) is 0 Å². The normalized spacial score (nSPS) is 14.0. The Morgan fingerprint density at radius 1 is 1.43 bits per heavy atom. The van der Waals surface area contributed by atoms with Gasteiger partial charge in [-0.2, -0.15) is 17.4 Å². The molecule has 0 aliphatic rings. The summed E-state index contributed by atoms with van der Waals surface area (Å²) in [4.78, 5) is 0. The molecule has 14 heavy (non-hydrogen) atoms. The van der Waals surface area contributed by atoms with E-state index < -0.39 is 15.7 Å². The van der Waals surface area contributed by atoms with Gasteiger partial charge in [-0.3, -0.25) is 0 Å². The summed E-state index contributed by atoms with van der Waals surface area (Å²) >= 11 is 0. The lowest BCUT2D eigenvalue weighted by Gasteiger charge is -2.28. The lowest BCUT2D eigenvalue weighted by molar-refractivity contribution is 0.205. The number of aliphatic hydroxyl groups is 1. The van der Waals surface area contributed by atoms with E-state index in [1.807, 2.05) is 0 Å². The average Bonchev–Trinajstić information content (AvgIpc) is 2.01. The van der Waals surface area contributed by atoms with Gasteiger partial charge >= 0.3 is 0 Å². The number of hydrogen-bond donors (Lipinski definition) is 2. The van der Waals surface area contributed by atoms with Crippen molar-refractivity contribution < 1.29 is 13.5 Å². The van der Waals surface area contributed by atoms with Crippen LogP contribution in [0.1, 0.15) is 27.7 Å². The summed E-state index contributed by atoms with van der Waals surface area (Å²) in [5, 5.41) is 8.93. The van der Waals surface area contributed by atoms with Gasteiger partial charge in [0.15, 0.2) is 0 Å². The Morgan fingerprint density at radius 2 is 1.86 bits per heavy atom. The van der Waals surface area contributed by atoms with Crippen molar-refractivity contribution in [1.82, 2.24) is 9.03 Å². The summed E-state index contributed by atoms with van der Waals surface area (Å²) in [6.07, 6.45) is 0. The highest BCUT2D eigenvalue weighted by Gasteiger charge is 2.28. The van der Waals surface area contributed by atoms with E-state index in [2.05, 4.69) is 4.72 Å². The van der Waals surface area contributed by atoms with Crippen LogP contribution < -0.4 is 4.72 Å². The lowest BCUT2D eigenvalue weighted by Crippen LogP contribution is -2.52. The Labute approximate surface area is 86.3 Å². The second-order valence-electron chi connectivity index (χ2n) is 4.26. The highest BCUT2D eigenvalue weighted by molar-refractivity contribution is 7.87. The van der Waals surface area contributed by atoms with Gasteiger partial charge in [0.1, 0.15) is 0 Å². The van der Waals surface area contributed by atoms with E-state index >= 15 is 0 Å². The summed E-state index contributed by atoms with van der Waals surface area (Å²) in [7, 11) is -2.01. The molecule has 6 heteroatoms. The van der Waals surface area contributed by atoms with Crippen molar-refractivity contribution in [3.8, 4) is 0 Å². The van der Waals surface area contributed by atoms with E-state index in [0.29, 0.717) is 0 Å². The third kappa shape index (κ3) is 3.91. The van der Waals surface area contributed by atoms with Crippen molar-refractivity contribution in [2.45, 2.75) is 39.3 Å². The van der Waals surface area contributed by atoms with Crippen LogP contribution in [0.15, 0.2) is 0 Å². The van der Waals surface area contributed by atoms with Gasteiger partial charge in [-0.15, -0.1) is 0 Å². The highest BCUT2D eigenvalue weighted by atomic mass is 32.2. The summed E-state index contributed by atoms with van der Waals surface area (Å²) in [6, 6.07) is -0.109. The molecule has 5 nitrogen and oxygen atoms in total. The van der Waals surface area contributed by atoms with E-state index in [-0.39, 0.29) is 12.6 Å². The van der Waals surface area contributed by atoms with Gasteiger partial charge in [0, 0.05) is 13.1 Å². The quantitative estimate of drug-likeness (QED) is 0.687. The molecule has 0 amide bonds. The number of rotatable bonds is 5. The topological polar surface area (TPSA) is 69.6 Å². The van der Waals surface area contributed by atoms with Gasteiger partial charge in [-0.25, -0.2) is 0 Å². The third-order valence-electron chi connectivity index (χ3n) is 1.91. The zero-order valence-corrected chi connectivity index (χ0v) is 10.2. The molecule has 0 heterocycles. The molecule has 0 radical (unpaired) electrons. The molecule has 0 atom stereocenters. The minimum absolute atomic E-state index is 0.109. The third-order valence-corrected chi connectivity index (χ3v) is 3.90. The smallest absolute Gasteiger partial charge is 0.279 e. The zero-order valence-electron chi connectivity index (χ0n) is 9.40. The predicted octanol–water partition coefficient (Wildman–Crippen LogP) is -0.0681. The highest BCUT2D eigenvalue weighted by Crippen LogP contribution is 2.07. The first-order chi connectivity index (χ1) is 6.12. The molecular formula is C8H20N2O3S. The van der Waals surface area contributed by atoms with E-state index in [1.54, 1.807) is 27.7 Å². The molecule has 0 rings (SSSR count). The van der Waals surface area contributed by atoms with E-state index in [1.165, 1.54) is 11.4 Å². The van der Waals surface area contributed by atoms with Crippen LogP contribution in [0.5, 0.6) is 0 Å². The Hall–Kier alpha value is -0.170. The summed E-state index contributed by atoms with van der Waals surface area (Å²) in [5.41, 5.74) is -0.831. The molecule has 0 aliphatic carbocycles. The van der Waals surface area contributed by atoms with Crippen molar-refractivity contribution in [1.29, 1.82) is 0 Å². The van der Waals surface area contributed by atoms with Crippen molar-refractivity contribution in [3.05, 3.63) is 0 Å². The second kappa shape index (κ2) is 4.57. The largest absolute Gasteiger partial charge is 0.394 e. The Kier molecular flexibility index (Phi) is 4.51. The molecule has 0 unspecified atom stereocenters. The maximum atomic E-state index is 11.7. The van der Waals surface area contributed by atoms with Crippen molar-refractivity contribution in [2.75, 3.05) is 13.7 Å². The average molecular weight is 224 g/mol. The van der Waals surface area contributed by atoms with Crippen LogP contribution >= 0.6 is 0 Å². The SMILES string of the molecule is CC(C)N(C)S(=O)(=O)NC(C)(C)CO. The van der Waals surface area contributed by atoms with Crippen LogP contribution in [0.4, 0.5) is 0 Å². The monoisotopic (exact) mass is 224 g/mol. The Balaban J connectivity index is 4.67. The first-order valence-electron chi connectivity index (χ1n) is 4.50. The minimum Gasteiger partial charge on any atom is -0.394 e. The van der Waals surface area contributed by atoms with Gasteiger partial charge in [0.05, 0.1) is 12.1 Å². The summed E-state index contributed by atoms with van der Waals surface area (Å²) < 4.78 is 26.9. The van der Waals surface area contributed by atoms with Crippen LogP contribution in [0.25, 0.3) is 0 Å². The molecule has 0 aliphatic heterocycles. The summed E-state index contributed by atoms with van der Waals surface area (Å²) in [5.74, 6) is 0. The fourth-order valence-corrected chi connectivity index (χ4v) is 2.19. The van der Waals surface area contributed by atoms with Crippen LogP contribution in [-0.4, -0.2) is 43.1 Å². The van der Waals surface area contributed by atoms with E-state index in [0.717, 1.165) is 0 Å². The van der Waals surface area contributed by atoms with Crippen LogP contribution in [0, 0.1) is 0 Å². The molecule has 0 aromatic carbocycles. The van der Waals surface area contributed by atoms with Crippen molar-refractivity contribution in [2.24, 2.45) is 0 Å². The molecular weight excluding hydrogens is 204 g/mol. The Morgan fingerprint density at radius 3 is 2.14 bits per heavy atom. The number of aliphatic hydroxyl groups excluding tert-OH is 1. The molecule has 86 valence electrons. The number of nitrogens with zero attached hydrogens (tertiary/aromatic N) is 1. The summed E-state index contributed by atoms with van der Waals surface area (Å²) in [6.45, 7) is 6.58. The van der Waals surface area contributed by atoms with Crippen LogP contribution in [0.2, 0.25) is 0 Å². The first-order valence-corrected chi connectivity index (χ1v) is 5.94. The minimum atomic E-state index is -3.51. The van der Waals surface area contributed by atoms with Gasteiger partial charge in [0.25, 0.3) is 10.2 Å². The molecule has 0 aromatic heterocycles. The van der Waals surface area contributed by atoms with E-state index in [4.69, 9.17) is 5.11 Å². The molecule has 0 saturated carbocycles. The lowest BCUT2D eigenvalue weighted by atomic mass is 10.1. The van der Waals surface area contributed by atoms with Crippen LogP contribution in [0.3, 0.4) is 0 Å². The molecule has 0 bridgehead atoms. The number of hydrogen-bond acceptors (Lipinski definition) is 3. The first kappa shape index (κ1) is 13.8. The molecule has 0 spiro atoms. The maximum absolute atomic E-state index is 11.7. The van der Waals surface area contributed by atoms with Crippen LogP contribution in [-0.2, 0) is 10.2 Å². The zero-order chi connectivity index (χ0) is 11.6. The molecule has 0 aromatic rings. The number of nitrogens with one attached hydrogen (secondary N) is 1. The fraction of sp³-hybridized carbons (Fsp3) is 1.00. The van der Waals surface area contributed by atoms with Gasteiger partial charge in [-0.05, 0) is 27.7 Å². The van der Waals surface area contributed by atoms with Gasteiger partial charge in [-0.1, -0.05) is 0 Å².